The molecule has 8 nitrogen and oxygen atoms in total. The van der Waals surface area contributed by atoms with Crippen LogP contribution in [-0.4, -0.2) is 63.0 Å². The van der Waals surface area contributed by atoms with Gasteiger partial charge in [0.15, 0.2) is 11.5 Å². The molecule has 2 N–H and O–H groups in total. The largest absolute Gasteiger partial charge is 0.493 e. The van der Waals surface area contributed by atoms with Gasteiger partial charge in [0.2, 0.25) is 0 Å². The molecule has 2 aromatic carbocycles. The molecule has 0 aliphatic rings. The summed E-state index contributed by atoms with van der Waals surface area (Å²) in [4.78, 5) is 13.0. The van der Waals surface area contributed by atoms with Crippen molar-refractivity contribution in [3.8, 4) is 11.5 Å². The Hall–Kier alpha value is -2.81. The number of hydrogen-bond acceptors (Lipinski definition) is 7. The molecule has 0 heterocycles. The number of amides is 1. The number of alkyl carbamates (subject to hydrolysis) is 1. The molecule has 0 aliphatic carbocycles. The highest BCUT2D eigenvalue weighted by molar-refractivity contribution is 5.68. The van der Waals surface area contributed by atoms with Crippen molar-refractivity contribution in [1.82, 2.24) is 5.32 Å². The monoisotopic (exact) mass is 629 g/mol. The summed E-state index contributed by atoms with van der Waals surface area (Å²) in [5, 5.41) is 14.7. The zero-order valence-electron chi connectivity index (χ0n) is 29.1. The molecule has 0 fully saturated rings. The van der Waals surface area contributed by atoms with Crippen molar-refractivity contribution in [3.63, 3.8) is 0 Å². The summed E-state index contributed by atoms with van der Waals surface area (Å²) in [6.45, 7) is 16.4. The predicted octanol–water partition coefficient (Wildman–Crippen LogP) is 7.45. The minimum atomic E-state index is -0.776. The third-order valence-electron chi connectivity index (χ3n) is 8.07. The highest BCUT2D eigenvalue weighted by Crippen LogP contribution is 2.32. The van der Waals surface area contributed by atoms with Crippen molar-refractivity contribution in [2.45, 2.75) is 98.5 Å². The molecular formula is C37H59NO7. The van der Waals surface area contributed by atoms with E-state index in [0.29, 0.717) is 62.6 Å². The van der Waals surface area contributed by atoms with Gasteiger partial charge in [0, 0.05) is 20.1 Å². The Morgan fingerprint density at radius 2 is 1.56 bits per heavy atom. The molecule has 45 heavy (non-hydrogen) atoms. The van der Waals surface area contributed by atoms with E-state index >= 15 is 0 Å². The summed E-state index contributed by atoms with van der Waals surface area (Å²) in [7, 11) is 3.32. The predicted molar refractivity (Wildman–Crippen MR) is 180 cm³/mol. The Bertz CT molecular complexity index is 1100. The average Bonchev–Trinajstić information content (AvgIpc) is 2.97. The van der Waals surface area contributed by atoms with E-state index in [0.717, 1.165) is 24.0 Å². The van der Waals surface area contributed by atoms with Crippen LogP contribution in [0.2, 0.25) is 0 Å². The lowest BCUT2D eigenvalue weighted by molar-refractivity contribution is 0.0174. The molecule has 0 aromatic heterocycles. The minimum Gasteiger partial charge on any atom is -0.493 e. The number of aliphatic hydroxyl groups is 1. The molecule has 1 amide bonds. The van der Waals surface area contributed by atoms with Gasteiger partial charge in [-0.25, -0.2) is 4.79 Å². The fourth-order valence-corrected chi connectivity index (χ4v) is 5.25. The zero-order valence-corrected chi connectivity index (χ0v) is 29.1. The molecule has 4 atom stereocenters. The molecule has 0 spiro atoms. The topological polar surface area (TPSA) is 95.5 Å². The Balaban J connectivity index is 2.21. The molecule has 2 rings (SSSR count). The molecule has 0 saturated heterocycles. The summed E-state index contributed by atoms with van der Waals surface area (Å²) in [5.74, 6) is 2.26. The molecule has 2 aromatic rings. The summed E-state index contributed by atoms with van der Waals surface area (Å²) in [5.41, 5.74) is 1.58. The van der Waals surface area contributed by atoms with E-state index in [4.69, 9.17) is 23.7 Å². The van der Waals surface area contributed by atoms with Crippen LogP contribution in [0.5, 0.6) is 11.5 Å². The van der Waals surface area contributed by atoms with Crippen LogP contribution in [0, 0.1) is 23.7 Å². The molecule has 0 saturated carbocycles. The van der Waals surface area contributed by atoms with E-state index < -0.39 is 23.8 Å². The summed E-state index contributed by atoms with van der Waals surface area (Å²) < 4.78 is 28.4. The standard InChI is InChI=1S/C37H59NO7/c1-26(2)30(20-29-16-17-34(42-9)35(21-29)44-19-13-18-41-8)22-32(38-36(40)45-37(5,6)7)33(39)23-31(27(3)4)25-43-24-28-14-11-10-12-15-28/h10-12,14-17,21,26-27,30-33,39H,13,18-20,22-25H2,1-9H3,(H,38,40)/t30-,31+,32-,33?/m0/s1. The molecule has 8 heteroatoms. The number of rotatable bonds is 20. The SMILES string of the molecule is COCCCOc1cc(C[C@@H](C[C@H](NC(=O)OC(C)(C)C)C(O)C[C@H](COCc2ccccc2)C(C)C)C(C)C)ccc1OC. The maximum absolute atomic E-state index is 13.0. The van der Waals surface area contributed by atoms with Crippen molar-refractivity contribution >= 4 is 6.09 Å². The van der Waals surface area contributed by atoms with Crippen molar-refractivity contribution < 1.29 is 33.6 Å². The molecule has 0 bridgehead atoms. The highest BCUT2D eigenvalue weighted by atomic mass is 16.6. The van der Waals surface area contributed by atoms with Crippen LogP contribution in [0.1, 0.15) is 78.9 Å². The molecule has 0 aliphatic heterocycles. The van der Waals surface area contributed by atoms with Crippen molar-refractivity contribution in [2.75, 3.05) is 34.0 Å². The second-order valence-electron chi connectivity index (χ2n) is 13.7. The fraction of sp³-hybridized carbons (Fsp3) is 0.649. The lowest BCUT2D eigenvalue weighted by atomic mass is 9.81. The van der Waals surface area contributed by atoms with Crippen LogP contribution in [0.4, 0.5) is 4.79 Å². The van der Waals surface area contributed by atoms with E-state index in [1.165, 1.54) is 0 Å². The van der Waals surface area contributed by atoms with Crippen LogP contribution in [0.15, 0.2) is 48.5 Å². The van der Waals surface area contributed by atoms with Crippen LogP contribution < -0.4 is 14.8 Å². The van der Waals surface area contributed by atoms with E-state index in [2.05, 4.69) is 39.1 Å². The van der Waals surface area contributed by atoms with Gasteiger partial charge >= 0.3 is 6.09 Å². The number of nitrogens with one attached hydrogen (secondary N) is 1. The number of methoxy groups -OCH3 is 2. The second kappa shape index (κ2) is 19.6. The minimum absolute atomic E-state index is 0.114. The zero-order chi connectivity index (χ0) is 33.4. The van der Waals surface area contributed by atoms with Gasteiger partial charge in [0.05, 0.1) is 39.1 Å². The first-order valence-electron chi connectivity index (χ1n) is 16.4. The number of hydrogen-bond donors (Lipinski definition) is 2. The lowest BCUT2D eigenvalue weighted by Crippen LogP contribution is -2.48. The normalized spacial score (nSPS) is 14.6. The van der Waals surface area contributed by atoms with Crippen LogP contribution in [0.3, 0.4) is 0 Å². The van der Waals surface area contributed by atoms with Crippen molar-refractivity contribution in [3.05, 3.63) is 59.7 Å². The van der Waals surface area contributed by atoms with Gasteiger partial charge < -0.3 is 34.1 Å². The summed E-state index contributed by atoms with van der Waals surface area (Å²) >= 11 is 0. The van der Waals surface area contributed by atoms with Gasteiger partial charge in [-0.2, -0.15) is 0 Å². The van der Waals surface area contributed by atoms with Gasteiger partial charge in [-0.3, -0.25) is 0 Å². The summed E-state index contributed by atoms with van der Waals surface area (Å²) in [6.07, 6.45) is 1.32. The molecule has 1 unspecified atom stereocenters. The smallest absolute Gasteiger partial charge is 0.407 e. The second-order valence-corrected chi connectivity index (χ2v) is 13.7. The lowest BCUT2D eigenvalue weighted by Gasteiger charge is -2.33. The fourth-order valence-electron chi connectivity index (χ4n) is 5.25. The van der Waals surface area contributed by atoms with E-state index in [-0.39, 0.29) is 11.8 Å². The van der Waals surface area contributed by atoms with Crippen molar-refractivity contribution in [2.24, 2.45) is 23.7 Å². The molecule has 254 valence electrons. The van der Waals surface area contributed by atoms with E-state index in [1.807, 2.05) is 63.2 Å². The first-order chi connectivity index (χ1) is 21.3. The Kier molecular flexibility index (Phi) is 16.8. The molecular weight excluding hydrogens is 570 g/mol. The third kappa shape index (κ3) is 14.9. The van der Waals surface area contributed by atoms with E-state index in [1.54, 1.807) is 14.2 Å². The third-order valence-corrected chi connectivity index (χ3v) is 8.07. The maximum atomic E-state index is 13.0. The number of benzene rings is 2. The Labute approximate surface area is 272 Å². The van der Waals surface area contributed by atoms with Gasteiger partial charge in [0.25, 0.3) is 0 Å². The highest BCUT2D eigenvalue weighted by Gasteiger charge is 2.31. The van der Waals surface area contributed by atoms with Crippen molar-refractivity contribution in [1.29, 1.82) is 0 Å². The van der Waals surface area contributed by atoms with Crippen LogP contribution in [0.25, 0.3) is 0 Å². The maximum Gasteiger partial charge on any atom is 0.407 e. The van der Waals surface area contributed by atoms with Gasteiger partial charge in [-0.15, -0.1) is 0 Å². The summed E-state index contributed by atoms with van der Waals surface area (Å²) in [6, 6.07) is 15.6. The van der Waals surface area contributed by atoms with E-state index in [9.17, 15) is 9.90 Å². The van der Waals surface area contributed by atoms with Crippen LogP contribution in [-0.2, 0) is 27.2 Å². The quantitative estimate of drug-likeness (QED) is 0.147. The molecule has 0 radical (unpaired) electrons. The average molecular weight is 630 g/mol. The van der Waals surface area contributed by atoms with Crippen LogP contribution >= 0.6 is 0 Å². The van der Waals surface area contributed by atoms with Gasteiger partial charge in [-0.1, -0.05) is 64.1 Å². The number of ether oxygens (including phenoxy) is 5. The van der Waals surface area contributed by atoms with Gasteiger partial charge in [-0.05, 0) is 87.0 Å². The number of carbonyl (C=O) groups is 1. The Morgan fingerprint density at radius 3 is 2.16 bits per heavy atom. The van der Waals surface area contributed by atoms with Gasteiger partial charge in [0.1, 0.15) is 5.60 Å². The first kappa shape index (κ1) is 38.4. The Morgan fingerprint density at radius 1 is 0.867 bits per heavy atom. The number of carbonyl (C=O) groups excluding carboxylic acids is 1. The first-order valence-corrected chi connectivity index (χ1v) is 16.4. The number of aliphatic hydroxyl groups excluding tert-OH is 1.